The molecule has 3 N–H and O–H groups in total. The molecule has 2 aliphatic rings. The lowest BCUT2D eigenvalue weighted by molar-refractivity contribution is -0.132. The second kappa shape index (κ2) is 5.73. The molecule has 1 heterocycles. The molecular formula is C19H28N2O2. The SMILES string of the molecule is CCC1(C(=O)NC2CC(C)(C)Oc3ccc(N)cc32)CCCC1. The van der Waals surface area contributed by atoms with Gasteiger partial charge < -0.3 is 15.8 Å². The summed E-state index contributed by atoms with van der Waals surface area (Å²) in [6, 6.07) is 5.66. The summed E-state index contributed by atoms with van der Waals surface area (Å²) in [4.78, 5) is 13.0. The number of rotatable bonds is 3. The zero-order valence-corrected chi connectivity index (χ0v) is 14.4. The van der Waals surface area contributed by atoms with Crippen molar-refractivity contribution in [3.63, 3.8) is 0 Å². The average Bonchev–Trinajstić information content (AvgIpc) is 2.97. The van der Waals surface area contributed by atoms with E-state index in [1.807, 2.05) is 18.2 Å². The van der Waals surface area contributed by atoms with E-state index in [1.54, 1.807) is 0 Å². The molecule has 0 bridgehead atoms. The highest BCUT2D eigenvalue weighted by molar-refractivity contribution is 5.83. The Bertz CT molecular complexity index is 603. The Balaban J connectivity index is 1.87. The van der Waals surface area contributed by atoms with E-state index in [0.717, 1.165) is 49.8 Å². The minimum atomic E-state index is -0.296. The molecule has 1 unspecified atom stereocenters. The molecule has 23 heavy (non-hydrogen) atoms. The lowest BCUT2D eigenvalue weighted by Crippen LogP contribution is -2.45. The third kappa shape index (κ3) is 3.04. The molecule has 1 atom stereocenters. The van der Waals surface area contributed by atoms with E-state index in [9.17, 15) is 4.79 Å². The Kier molecular flexibility index (Phi) is 4.03. The maximum Gasteiger partial charge on any atom is 0.226 e. The summed E-state index contributed by atoms with van der Waals surface area (Å²) in [6.07, 6.45) is 6.00. The fourth-order valence-electron chi connectivity index (χ4n) is 4.11. The summed E-state index contributed by atoms with van der Waals surface area (Å²) in [7, 11) is 0. The molecule has 126 valence electrons. The molecule has 0 spiro atoms. The molecular weight excluding hydrogens is 288 g/mol. The van der Waals surface area contributed by atoms with Crippen LogP contribution in [-0.2, 0) is 4.79 Å². The predicted octanol–water partition coefficient (Wildman–Crippen LogP) is 3.96. The molecule has 0 radical (unpaired) electrons. The first-order valence-corrected chi connectivity index (χ1v) is 8.75. The van der Waals surface area contributed by atoms with Gasteiger partial charge >= 0.3 is 0 Å². The summed E-state index contributed by atoms with van der Waals surface area (Å²) >= 11 is 0. The van der Waals surface area contributed by atoms with E-state index in [0.29, 0.717) is 5.69 Å². The third-order valence-corrected chi connectivity index (χ3v) is 5.52. The second-order valence-corrected chi connectivity index (χ2v) is 7.73. The Hall–Kier alpha value is -1.71. The minimum absolute atomic E-state index is 0.0335. The molecule has 1 aromatic carbocycles. The van der Waals surface area contributed by atoms with Gasteiger partial charge in [0.25, 0.3) is 0 Å². The van der Waals surface area contributed by atoms with Crippen LogP contribution in [0.1, 0.15) is 70.9 Å². The Morgan fingerprint density at radius 1 is 1.35 bits per heavy atom. The highest BCUT2D eigenvalue weighted by Gasteiger charge is 2.42. The Morgan fingerprint density at radius 2 is 2.04 bits per heavy atom. The third-order valence-electron chi connectivity index (χ3n) is 5.52. The van der Waals surface area contributed by atoms with Crippen LogP contribution < -0.4 is 15.8 Å². The predicted molar refractivity (Wildman–Crippen MR) is 92.3 cm³/mol. The lowest BCUT2D eigenvalue weighted by Gasteiger charge is -2.39. The number of anilines is 1. The lowest BCUT2D eigenvalue weighted by atomic mass is 9.81. The zero-order chi connectivity index (χ0) is 16.7. The molecule has 0 saturated heterocycles. The van der Waals surface area contributed by atoms with Gasteiger partial charge in [0.05, 0.1) is 6.04 Å². The van der Waals surface area contributed by atoms with Crippen LogP contribution in [-0.4, -0.2) is 11.5 Å². The smallest absolute Gasteiger partial charge is 0.226 e. The van der Waals surface area contributed by atoms with Crippen LogP contribution in [0.3, 0.4) is 0 Å². The quantitative estimate of drug-likeness (QED) is 0.830. The first-order chi connectivity index (χ1) is 10.9. The summed E-state index contributed by atoms with van der Waals surface area (Å²) < 4.78 is 6.06. The molecule has 1 aliphatic carbocycles. The minimum Gasteiger partial charge on any atom is -0.487 e. The maximum atomic E-state index is 13.0. The van der Waals surface area contributed by atoms with Gasteiger partial charge in [0.15, 0.2) is 0 Å². The van der Waals surface area contributed by atoms with Gasteiger partial charge in [0, 0.05) is 23.1 Å². The number of ether oxygens (including phenoxy) is 1. The van der Waals surface area contributed by atoms with E-state index in [4.69, 9.17) is 10.5 Å². The van der Waals surface area contributed by atoms with Crippen LogP contribution in [0, 0.1) is 5.41 Å². The fourth-order valence-corrected chi connectivity index (χ4v) is 4.11. The van der Waals surface area contributed by atoms with Gasteiger partial charge in [-0.2, -0.15) is 0 Å². The first-order valence-electron chi connectivity index (χ1n) is 8.75. The highest BCUT2D eigenvalue weighted by Crippen LogP contribution is 2.44. The number of nitrogens with two attached hydrogens (primary N) is 1. The number of benzene rings is 1. The van der Waals surface area contributed by atoms with E-state index in [2.05, 4.69) is 26.1 Å². The fraction of sp³-hybridized carbons (Fsp3) is 0.632. The van der Waals surface area contributed by atoms with Gasteiger partial charge in [0.2, 0.25) is 5.91 Å². The van der Waals surface area contributed by atoms with Crippen molar-refractivity contribution in [2.75, 3.05) is 5.73 Å². The van der Waals surface area contributed by atoms with E-state index < -0.39 is 0 Å². The van der Waals surface area contributed by atoms with Crippen molar-refractivity contribution in [1.82, 2.24) is 5.32 Å². The number of nitrogen functional groups attached to an aromatic ring is 1. The van der Waals surface area contributed by atoms with Gasteiger partial charge in [0.1, 0.15) is 11.4 Å². The summed E-state index contributed by atoms with van der Waals surface area (Å²) in [5.74, 6) is 1.03. The molecule has 3 rings (SSSR count). The summed E-state index contributed by atoms with van der Waals surface area (Å²) in [5.41, 5.74) is 7.18. The van der Waals surface area contributed by atoms with Crippen LogP contribution in [0.4, 0.5) is 5.69 Å². The van der Waals surface area contributed by atoms with Crippen molar-refractivity contribution in [2.24, 2.45) is 5.41 Å². The number of hydrogen-bond donors (Lipinski definition) is 2. The van der Waals surface area contributed by atoms with Crippen molar-refractivity contribution in [2.45, 2.75) is 70.9 Å². The zero-order valence-electron chi connectivity index (χ0n) is 14.4. The van der Waals surface area contributed by atoms with Gasteiger partial charge in [-0.05, 0) is 51.3 Å². The number of nitrogens with one attached hydrogen (secondary N) is 1. The Labute approximate surface area is 138 Å². The van der Waals surface area contributed by atoms with Gasteiger partial charge in [-0.3, -0.25) is 4.79 Å². The molecule has 1 fully saturated rings. The number of carbonyl (C=O) groups is 1. The summed E-state index contributed by atoms with van der Waals surface area (Å²) in [5, 5.41) is 3.32. The van der Waals surface area contributed by atoms with Crippen molar-refractivity contribution in [1.29, 1.82) is 0 Å². The van der Waals surface area contributed by atoms with Gasteiger partial charge in [-0.1, -0.05) is 19.8 Å². The first kappa shape index (κ1) is 16.2. The standard InChI is InChI=1S/C19H28N2O2/c1-4-19(9-5-6-10-19)17(22)21-15-12-18(2,3)23-16-8-7-13(20)11-14(15)16/h7-8,11,15H,4-6,9-10,12,20H2,1-3H3,(H,21,22). The van der Waals surface area contributed by atoms with Crippen molar-refractivity contribution in [3.05, 3.63) is 23.8 Å². The topological polar surface area (TPSA) is 64.3 Å². The molecule has 1 saturated carbocycles. The normalized spacial score (nSPS) is 24.6. The van der Waals surface area contributed by atoms with E-state index in [-0.39, 0.29) is 23.0 Å². The van der Waals surface area contributed by atoms with Crippen LogP contribution in [0.25, 0.3) is 0 Å². The van der Waals surface area contributed by atoms with Crippen molar-refractivity contribution < 1.29 is 9.53 Å². The molecule has 1 aliphatic heterocycles. The molecule has 1 amide bonds. The van der Waals surface area contributed by atoms with Crippen LogP contribution in [0.15, 0.2) is 18.2 Å². The highest BCUT2D eigenvalue weighted by atomic mass is 16.5. The van der Waals surface area contributed by atoms with Crippen LogP contribution in [0.5, 0.6) is 5.75 Å². The number of fused-ring (bicyclic) bond motifs is 1. The number of amides is 1. The number of hydrogen-bond acceptors (Lipinski definition) is 3. The van der Waals surface area contributed by atoms with Crippen molar-refractivity contribution >= 4 is 11.6 Å². The van der Waals surface area contributed by atoms with Crippen LogP contribution >= 0.6 is 0 Å². The molecule has 0 aromatic heterocycles. The van der Waals surface area contributed by atoms with Crippen LogP contribution in [0.2, 0.25) is 0 Å². The van der Waals surface area contributed by atoms with E-state index in [1.165, 1.54) is 0 Å². The van der Waals surface area contributed by atoms with Crippen molar-refractivity contribution in [3.8, 4) is 5.75 Å². The summed E-state index contributed by atoms with van der Waals surface area (Å²) in [6.45, 7) is 6.26. The van der Waals surface area contributed by atoms with E-state index >= 15 is 0 Å². The monoisotopic (exact) mass is 316 g/mol. The largest absolute Gasteiger partial charge is 0.487 e. The van der Waals surface area contributed by atoms with Gasteiger partial charge in [-0.15, -0.1) is 0 Å². The van der Waals surface area contributed by atoms with Gasteiger partial charge in [-0.25, -0.2) is 0 Å². The Morgan fingerprint density at radius 3 is 2.70 bits per heavy atom. The second-order valence-electron chi connectivity index (χ2n) is 7.73. The molecule has 4 nitrogen and oxygen atoms in total. The maximum absolute atomic E-state index is 13.0. The molecule has 4 heteroatoms. The molecule has 1 aromatic rings. The number of carbonyl (C=O) groups excluding carboxylic acids is 1. The average molecular weight is 316 g/mol.